The number of carbonyl (C=O) groups is 1. The normalized spacial score (nSPS) is 19.6. The molecule has 0 spiro atoms. The van der Waals surface area contributed by atoms with E-state index in [0.717, 1.165) is 10.9 Å². The van der Waals surface area contributed by atoms with Crippen molar-refractivity contribution in [2.45, 2.75) is 18.9 Å². The summed E-state index contributed by atoms with van der Waals surface area (Å²) in [5.74, 6) is 0.757. The highest BCUT2D eigenvalue weighted by Crippen LogP contribution is 2.23. The Hall–Kier alpha value is -0.810. The maximum absolute atomic E-state index is 11.0. The molecule has 0 bridgehead atoms. The zero-order chi connectivity index (χ0) is 11.5. The van der Waals surface area contributed by atoms with Gasteiger partial charge in [-0.2, -0.15) is 0 Å². The number of hydrogen-bond acceptors (Lipinski definition) is 3. The molecule has 2 N–H and O–H groups in total. The van der Waals surface area contributed by atoms with Crippen LogP contribution in [0.15, 0.2) is 16.7 Å². The van der Waals surface area contributed by atoms with Gasteiger partial charge in [-0.25, -0.2) is 4.98 Å². The van der Waals surface area contributed by atoms with Gasteiger partial charge in [-0.1, -0.05) is 11.6 Å². The highest BCUT2D eigenvalue weighted by Gasteiger charge is 2.20. The summed E-state index contributed by atoms with van der Waals surface area (Å²) in [6, 6.07) is 1.96. The number of halogens is 2. The van der Waals surface area contributed by atoms with E-state index < -0.39 is 0 Å². The second-order valence-corrected chi connectivity index (χ2v) is 4.99. The molecule has 1 aromatic heterocycles. The van der Waals surface area contributed by atoms with Crippen LogP contribution in [0.2, 0.25) is 5.02 Å². The largest absolute Gasteiger partial charge is 0.367 e. The lowest BCUT2D eigenvalue weighted by Gasteiger charge is -2.12. The van der Waals surface area contributed by atoms with Gasteiger partial charge in [0.15, 0.2) is 0 Å². The maximum Gasteiger partial charge on any atom is 0.220 e. The summed E-state index contributed by atoms with van der Waals surface area (Å²) < 4.78 is 0.845. The topological polar surface area (TPSA) is 54.0 Å². The Morgan fingerprint density at radius 2 is 2.50 bits per heavy atom. The monoisotopic (exact) mass is 303 g/mol. The second kappa shape index (κ2) is 5.01. The van der Waals surface area contributed by atoms with Crippen LogP contribution in [0.5, 0.6) is 0 Å². The van der Waals surface area contributed by atoms with Crippen molar-refractivity contribution in [3.8, 4) is 0 Å². The van der Waals surface area contributed by atoms with Gasteiger partial charge in [0.2, 0.25) is 5.91 Å². The summed E-state index contributed by atoms with van der Waals surface area (Å²) in [4.78, 5) is 15.1. The third-order valence-electron chi connectivity index (χ3n) is 2.41. The van der Waals surface area contributed by atoms with E-state index in [-0.39, 0.29) is 11.9 Å². The number of carbonyl (C=O) groups excluding carboxylic acids is 1. The molecule has 0 aliphatic carbocycles. The molecule has 86 valence electrons. The summed E-state index contributed by atoms with van der Waals surface area (Å²) in [6.45, 7) is 0.653. The van der Waals surface area contributed by atoms with Crippen LogP contribution in [0.25, 0.3) is 0 Å². The van der Waals surface area contributed by atoms with Crippen LogP contribution in [0.1, 0.15) is 12.8 Å². The van der Waals surface area contributed by atoms with Crippen LogP contribution in [-0.2, 0) is 4.79 Å². The average molecular weight is 305 g/mol. The first-order valence-electron chi connectivity index (χ1n) is 4.99. The van der Waals surface area contributed by atoms with Gasteiger partial charge >= 0.3 is 0 Å². The second-order valence-electron chi connectivity index (χ2n) is 3.67. The Kier molecular flexibility index (Phi) is 3.66. The summed E-state index contributed by atoms with van der Waals surface area (Å²) in [6.07, 6.45) is 3.15. The number of nitrogens with one attached hydrogen (secondary N) is 2. The molecule has 1 amide bonds. The van der Waals surface area contributed by atoms with Crippen molar-refractivity contribution in [1.29, 1.82) is 0 Å². The van der Waals surface area contributed by atoms with Crippen molar-refractivity contribution in [3.05, 3.63) is 21.8 Å². The molecule has 1 saturated heterocycles. The van der Waals surface area contributed by atoms with Gasteiger partial charge in [-0.3, -0.25) is 4.79 Å². The van der Waals surface area contributed by atoms with Crippen molar-refractivity contribution in [1.82, 2.24) is 10.3 Å². The number of pyridine rings is 1. The molecule has 1 aromatic rings. The first kappa shape index (κ1) is 11.7. The van der Waals surface area contributed by atoms with Crippen LogP contribution in [-0.4, -0.2) is 23.5 Å². The number of hydrogen-bond donors (Lipinski definition) is 2. The fourth-order valence-electron chi connectivity index (χ4n) is 1.59. The predicted molar refractivity (Wildman–Crippen MR) is 66.6 cm³/mol. The molecule has 1 aliphatic heterocycles. The van der Waals surface area contributed by atoms with Crippen LogP contribution in [0.4, 0.5) is 5.82 Å². The summed E-state index contributed by atoms with van der Waals surface area (Å²) in [5, 5.41) is 6.57. The summed E-state index contributed by atoms with van der Waals surface area (Å²) in [7, 11) is 0. The average Bonchev–Trinajstić information content (AvgIpc) is 2.63. The molecule has 2 rings (SSSR count). The minimum absolute atomic E-state index is 0.113. The van der Waals surface area contributed by atoms with Gasteiger partial charge in [0, 0.05) is 29.7 Å². The fourth-order valence-corrected chi connectivity index (χ4v) is 2.29. The van der Waals surface area contributed by atoms with Gasteiger partial charge in [-0.15, -0.1) is 0 Å². The van der Waals surface area contributed by atoms with Gasteiger partial charge < -0.3 is 10.6 Å². The van der Waals surface area contributed by atoms with Crippen LogP contribution in [0, 0.1) is 0 Å². The Balaban J connectivity index is 1.92. The van der Waals surface area contributed by atoms with E-state index in [1.807, 2.05) is 0 Å². The van der Waals surface area contributed by atoms with E-state index in [1.165, 1.54) is 0 Å². The quantitative estimate of drug-likeness (QED) is 0.900. The van der Waals surface area contributed by atoms with Gasteiger partial charge in [0.1, 0.15) is 5.82 Å². The molecule has 2 heterocycles. The lowest BCUT2D eigenvalue weighted by atomic mass is 10.2. The number of nitrogens with zero attached hydrogens (tertiary/aromatic N) is 1. The molecule has 1 atom stereocenters. The van der Waals surface area contributed by atoms with E-state index in [2.05, 4.69) is 31.5 Å². The number of amides is 1. The molecule has 0 radical (unpaired) electrons. The van der Waals surface area contributed by atoms with Crippen LogP contribution >= 0.6 is 27.5 Å². The zero-order valence-corrected chi connectivity index (χ0v) is 10.8. The molecule has 0 aromatic carbocycles. The maximum atomic E-state index is 11.0. The molecule has 16 heavy (non-hydrogen) atoms. The Morgan fingerprint density at radius 3 is 3.12 bits per heavy atom. The van der Waals surface area contributed by atoms with E-state index in [9.17, 15) is 4.79 Å². The molecule has 0 saturated carbocycles. The number of rotatable bonds is 3. The highest BCUT2D eigenvalue weighted by molar-refractivity contribution is 9.10. The lowest BCUT2D eigenvalue weighted by Crippen LogP contribution is -2.32. The number of anilines is 1. The first-order chi connectivity index (χ1) is 7.65. The van der Waals surface area contributed by atoms with Crippen LogP contribution in [0.3, 0.4) is 0 Å². The van der Waals surface area contributed by atoms with E-state index in [1.54, 1.807) is 12.3 Å². The van der Waals surface area contributed by atoms with Crippen molar-refractivity contribution in [3.63, 3.8) is 0 Å². The van der Waals surface area contributed by atoms with Crippen LogP contribution < -0.4 is 10.6 Å². The van der Waals surface area contributed by atoms with E-state index >= 15 is 0 Å². The van der Waals surface area contributed by atoms with E-state index in [4.69, 9.17) is 11.6 Å². The smallest absolute Gasteiger partial charge is 0.220 e. The zero-order valence-electron chi connectivity index (χ0n) is 8.46. The minimum Gasteiger partial charge on any atom is -0.367 e. The summed E-state index contributed by atoms with van der Waals surface area (Å²) >= 11 is 9.29. The highest BCUT2D eigenvalue weighted by atomic mass is 79.9. The van der Waals surface area contributed by atoms with Gasteiger partial charge in [-0.05, 0) is 28.4 Å². The first-order valence-corrected chi connectivity index (χ1v) is 6.16. The minimum atomic E-state index is 0.113. The van der Waals surface area contributed by atoms with Crippen molar-refractivity contribution in [2.24, 2.45) is 0 Å². The number of aromatic nitrogens is 1. The lowest BCUT2D eigenvalue weighted by molar-refractivity contribution is -0.119. The van der Waals surface area contributed by atoms with Crippen molar-refractivity contribution < 1.29 is 4.79 Å². The molecular formula is C10H11BrClN3O. The summed E-state index contributed by atoms with van der Waals surface area (Å²) in [5.41, 5.74) is 0. The van der Waals surface area contributed by atoms with Crippen molar-refractivity contribution in [2.75, 3.05) is 11.9 Å². The fraction of sp³-hybridized carbons (Fsp3) is 0.400. The third-order valence-corrected chi connectivity index (χ3v) is 3.13. The standard InChI is InChI=1S/C10H11BrClN3O/c11-6-3-8(12)10(13-4-6)14-5-7-1-2-9(16)15-7/h3-4,7H,1-2,5H2,(H,13,14)(H,15,16)/t7-/m1/s1. The Labute approximate surface area is 107 Å². The van der Waals surface area contributed by atoms with Gasteiger partial charge in [0.05, 0.1) is 5.02 Å². The SMILES string of the molecule is O=C1CC[C@H](CNc2ncc(Br)cc2Cl)N1. The predicted octanol–water partition coefficient (Wildman–Crippen LogP) is 2.19. The molecule has 1 aliphatic rings. The third kappa shape index (κ3) is 2.86. The van der Waals surface area contributed by atoms with Gasteiger partial charge in [0.25, 0.3) is 0 Å². The molecule has 4 nitrogen and oxygen atoms in total. The molecular weight excluding hydrogens is 293 g/mol. The Bertz CT molecular complexity index is 413. The Morgan fingerprint density at radius 1 is 1.69 bits per heavy atom. The van der Waals surface area contributed by atoms with Crippen molar-refractivity contribution >= 4 is 39.3 Å². The molecule has 0 unspecified atom stereocenters. The molecule has 6 heteroatoms. The van der Waals surface area contributed by atoms with E-state index in [0.29, 0.717) is 23.8 Å². The molecule has 1 fully saturated rings.